The summed E-state index contributed by atoms with van der Waals surface area (Å²) in [7, 11) is 0. The van der Waals surface area contributed by atoms with Crippen molar-refractivity contribution in [1.82, 2.24) is 9.80 Å². The van der Waals surface area contributed by atoms with Crippen molar-refractivity contribution >= 4 is 11.5 Å². The van der Waals surface area contributed by atoms with E-state index in [1.165, 1.54) is 11.1 Å². The van der Waals surface area contributed by atoms with Gasteiger partial charge in [-0.2, -0.15) is 0 Å². The van der Waals surface area contributed by atoms with Gasteiger partial charge >= 0.3 is 0 Å². The summed E-state index contributed by atoms with van der Waals surface area (Å²) < 4.78 is 6.67. The van der Waals surface area contributed by atoms with Crippen molar-refractivity contribution in [1.29, 1.82) is 0 Å². The van der Waals surface area contributed by atoms with Crippen molar-refractivity contribution in [2.45, 2.75) is 38.8 Å². The number of carbonyl (C=O) groups is 1. The molecule has 4 heteroatoms. The molecule has 2 aliphatic heterocycles. The molecule has 1 spiro atoms. The van der Waals surface area contributed by atoms with Crippen LogP contribution in [0.4, 0.5) is 0 Å². The number of amides is 1. The molecule has 0 unspecified atom stereocenters. The third kappa shape index (κ3) is 4.89. The predicted octanol–water partition coefficient (Wildman–Crippen LogP) is 6.03. The summed E-state index contributed by atoms with van der Waals surface area (Å²) in [6, 6.07) is 27.1. The van der Waals surface area contributed by atoms with E-state index in [0.717, 1.165) is 68.0 Å². The molecule has 3 aromatic carbocycles. The van der Waals surface area contributed by atoms with E-state index in [9.17, 15) is 4.79 Å². The summed E-state index contributed by atoms with van der Waals surface area (Å²) in [5.74, 6) is 1.04. The number of hydrogen-bond donors (Lipinski definition) is 0. The highest BCUT2D eigenvalue weighted by atomic mass is 16.5. The van der Waals surface area contributed by atoms with Crippen molar-refractivity contribution in [3.63, 3.8) is 0 Å². The van der Waals surface area contributed by atoms with Gasteiger partial charge in [0, 0.05) is 56.7 Å². The molecule has 2 heterocycles. The Morgan fingerprint density at radius 3 is 2.23 bits per heavy atom. The molecule has 0 N–H and O–H groups in total. The van der Waals surface area contributed by atoms with E-state index in [4.69, 9.17) is 4.74 Å². The molecule has 3 aromatic rings. The quantitative estimate of drug-likeness (QED) is 0.445. The number of piperidine rings is 1. The van der Waals surface area contributed by atoms with Gasteiger partial charge < -0.3 is 9.64 Å². The minimum atomic E-state index is -0.299. The normalized spacial score (nSPS) is 16.8. The summed E-state index contributed by atoms with van der Waals surface area (Å²) >= 11 is 0. The van der Waals surface area contributed by atoms with E-state index in [1.54, 1.807) is 0 Å². The summed E-state index contributed by atoms with van der Waals surface area (Å²) in [4.78, 5) is 17.2. The minimum absolute atomic E-state index is 0.0881. The van der Waals surface area contributed by atoms with Crippen LogP contribution in [0.5, 0.6) is 5.75 Å². The van der Waals surface area contributed by atoms with Crippen molar-refractivity contribution in [2.75, 3.05) is 26.2 Å². The van der Waals surface area contributed by atoms with Gasteiger partial charge in [-0.05, 0) is 54.8 Å². The third-order valence-corrected chi connectivity index (χ3v) is 7.34. The Morgan fingerprint density at radius 2 is 1.54 bits per heavy atom. The Labute approximate surface area is 208 Å². The molecule has 5 rings (SSSR count). The van der Waals surface area contributed by atoms with Gasteiger partial charge in [0.15, 0.2) is 0 Å². The fourth-order valence-electron chi connectivity index (χ4n) is 5.27. The van der Waals surface area contributed by atoms with Gasteiger partial charge in [0.25, 0.3) is 5.91 Å². The average Bonchev–Trinajstić information content (AvgIpc) is 2.91. The number of hydrogen-bond acceptors (Lipinski definition) is 3. The predicted molar refractivity (Wildman–Crippen MR) is 142 cm³/mol. The molecule has 0 aliphatic carbocycles. The maximum atomic E-state index is 12.8. The molecule has 0 radical (unpaired) electrons. The molecule has 2 aliphatic rings. The minimum Gasteiger partial charge on any atom is -0.482 e. The number of benzene rings is 3. The second-order valence-electron chi connectivity index (χ2n) is 9.54. The van der Waals surface area contributed by atoms with E-state index < -0.39 is 0 Å². The molecular formula is C31H34N2O2. The van der Waals surface area contributed by atoms with Gasteiger partial charge in [-0.25, -0.2) is 0 Å². The molecule has 1 amide bonds. The Bertz CT molecular complexity index is 1190. The fraction of sp³-hybridized carbons (Fsp3) is 0.323. The van der Waals surface area contributed by atoms with Crippen LogP contribution in [0, 0.1) is 0 Å². The first-order chi connectivity index (χ1) is 17.1. The number of fused-ring (bicyclic) bond motifs is 1. The maximum absolute atomic E-state index is 12.8. The van der Waals surface area contributed by atoms with Gasteiger partial charge in [0.05, 0.1) is 0 Å². The smallest absolute Gasteiger partial charge is 0.253 e. The highest BCUT2D eigenvalue weighted by molar-refractivity contribution is 5.95. The molecule has 4 nitrogen and oxygen atoms in total. The van der Waals surface area contributed by atoms with Gasteiger partial charge in [0.1, 0.15) is 11.4 Å². The zero-order valence-corrected chi connectivity index (χ0v) is 20.7. The molecule has 0 atom stereocenters. The topological polar surface area (TPSA) is 32.8 Å². The lowest BCUT2D eigenvalue weighted by Crippen LogP contribution is -2.47. The first kappa shape index (κ1) is 23.4. The molecular weight excluding hydrogens is 432 g/mol. The van der Waals surface area contributed by atoms with E-state index >= 15 is 0 Å². The number of carbonyl (C=O) groups excluding carboxylic acids is 1. The highest BCUT2D eigenvalue weighted by Crippen LogP contribution is 2.43. The number of likely N-dealkylation sites (tertiary alicyclic amines) is 1. The Hall–Kier alpha value is -3.37. The van der Waals surface area contributed by atoms with Crippen LogP contribution in [0.1, 0.15) is 53.7 Å². The number of rotatable bonds is 6. The van der Waals surface area contributed by atoms with Gasteiger partial charge in [-0.3, -0.25) is 9.69 Å². The van der Waals surface area contributed by atoms with Gasteiger partial charge in [0.2, 0.25) is 0 Å². The van der Waals surface area contributed by atoms with Crippen molar-refractivity contribution in [3.05, 3.63) is 107 Å². The Kier molecular flexibility index (Phi) is 6.74. The van der Waals surface area contributed by atoms with Crippen LogP contribution in [-0.2, 0) is 6.54 Å². The van der Waals surface area contributed by atoms with Crippen LogP contribution in [0.3, 0.4) is 0 Å². The lowest BCUT2D eigenvalue weighted by atomic mass is 9.82. The summed E-state index contributed by atoms with van der Waals surface area (Å²) in [5, 5.41) is 0. The maximum Gasteiger partial charge on any atom is 0.253 e. The zero-order valence-electron chi connectivity index (χ0n) is 20.7. The monoisotopic (exact) mass is 466 g/mol. The number of para-hydroxylation sites is 1. The number of nitrogens with zero attached hydrogens (tertiary/aromatic N) is 2. The van der Waals surface area contributed by atoms with Crippen LogP contribution in [-0.4, -0.2) is 47.5 Å². The standard InChI is InChI=1S/C31H34N2O2/c1-3-33(4-2)30(34)26-16-14-25(15-17-26)28-22-31(35-29-13-9-8-12-27(28)29)18-20-32(21-19-31)23-24-10-6-5-7-11-24/h5-17,22H,3-4,18-21,23H2,1-2H3. The fourth-order valence-corrected chi connectivity index (χ4v) is 5.27. The lowest BCUT2D eigenvalue weighted by Gasteiger charge is -2.43. The van der Waals surface area contributed by atoms with E-state index in [1.807, 2.05) is 36.9 Å². The van der Waals surface area contributed by atoms with Crippen LogP contribution in [0.25, 0.3) is 5.57 Å². The van der Waals surface area contributed by atoms with Gasteiger partial charge in [-0.15, -0.1) is 0 Å². The van der Waals surface area contributed by atoms with Crippen LogP contribution in [0.2, 0.25) is 0 Å². The SMILES string of the molecule is CCN(CC)C(=O)c1ccc(C2=CC3(CCN(Cc4ccccc4)CC3)Oc3ccccc32)cc1. The average molecular weight is 467 g/mol. The first-order valence-electron chi connectivity index (χ1n) is 12.8. The Morgan fingerprint density at radius 1 is 0.886 bits per heavy atom. The van der Waals surface area contributed by atoms with Crippen molar-refractivity contribution in [2.24, 2.45) is 0 Å². The molecule has 0 bridgehead atoms. The van der Waals surface area contributed by atoms with Crippen LogP contribution >= 0.6 is 0 Å². The second kappa shape index (κ2) is 10.1. The zero-order chi connectivity index (χ0) is 24.3. The molecule has 1 saturated heterocycles. The highest BCUT2D eigenvalue weighted by Gasteiger charge is 2.39. The second-order valence-corrected chi connectivity index (χ2v) is 9.54. The summed E-state index contributed by atoms with van der Waals surface area (Å²) in [6.45, 7) is 8.45. The van der Waals surface area contributed by atoms with Crippen molar-refractivity contribution in [3.8, 4) is 5.75 Å². The van der Waals surface area contributed by atoms with Crippen molar-refractivity contribution < 1.29 is 9.53 Å². The summed E-state index contributed by atoms with van der Waals surface area (Å²) in [6.07, 6.45) is 4.25. The lowest BCUT2D eigenvalue weighted by molar-refractivity contribution is 0.0356. The first-order valence-corrected chi connectivity index (χ1v) is 12.8. The molecule has 0 aromatic heterocycles. The summed E-state index contributed by atoms with van der Waals surface area (Å²) in [5.41, 5.74) is 5.24. The van der Waals surface area contributed by atoms with Gasteiger partial charge in [-0.1, -0.05) is 60.7 Å². The molecule has 35 heavy (non-hydrogen) atoms. The van der Waals surface area contributed by atoms with E-state index in [0.29, 0.717) is 0 Å². The van der Waals surface area contributed by atoms with E-state index in [2.05, 4.69) is 71.6 Å². The molecule has 180 valence electrons. The molecule has 0 saturated carbocycles. The Balaban J connectivity index is 1.39. The third-order valence-electron chi connectivity index (χ3n) is 7.34. The number of ether oxygens (including phenoxy) is 1. The molecule has 1 fully saturated rings. The van der Waals surface area contributed by atoms with Crippen LogP contribution in [0.15, 0.2) is 84.9 Å². The van der Waals surface area contributed by atoms with Crippen LogP contribution < -0.4 is 4.74 Å². The largest absolute Gasteiger partial charge is 0.482 e. The van der Waals surface area contributed by atoms with E-state index in [-0.39, 0.29) is 11.5 Å².